The zero-order valence-electron chi connectivity index (χ0n) is 20.7. The molecule has 3 nitrogen and oxygen atoms in total. The maximum Gasteiger partial charge on any atom is 0.266 e. The summed E-state index contributed by atoms with van der Waals surface area (Å²) in [4.78, 5) is 20.0. The summed E-state index contributed by atoms with van der Waals surface area (Å²) in [5.74, 6) is 0.652. The van der Waals surface area contributed by atoms with Gasteiger partial charge in [0.15, 0.2) is 0 Å². The number of nitrogens with zero attached hydrogens (tertiary/aromatic N) is 2. The lowest BCUT2D eigenvalue weighted by Gasteiger charge is -2.44. The Morgan fingerprint density at radius 3 is 2.22 bits per heavy atom. The van der Waals surface area contributed by atoms with Crippen LogP contribution in [0.2, 0.25) is 0 Å². The van der Waals surface area contributed by atoms with Gasteiger partial charge in [-0.3, -0.25) is 9.36 Å². The first-order valence-corrected chi connectivity index (χ1v) is 13.1. The first kappa shape index (κ1) is 22.8. The van der Waals surface area contributed by atoms with Gasteiger partial charge >= 0.3 is 0 Å². The summed E-state index contributed by atoms with van der Waals surface area (Å²) in [6.07, 6.45) is 1.04. The lowest BCUT2D eigenvalue weighted by atomic mass is 9.70. The first-order chi connectivity index (χ1) is 17.4. The minimum atomic E-state index is -0.112. The molecule has 1 atom stereocenters. The van der Waals surface area contributed by atoms with Crippen molar-refractivity contribution in [1.82, 2.24) is 9.55 Å². The minimum Gasteiger partial charge on any atom is -0.268 e. The quantitative estimate of drug-likeness (QED) is 0.262. The molecule has 0 bridgehead atoms. The second kappa shape index (κ2) is 8.49. The van der Waals surface area contributed by atoms with E-state index in [-0.39, 0.29) is 15.7 Å². The maximum absolute atomic E-state index is 13.7. The van der Waals surface area contributed by atoms with Crippen molar-refractivity contribution in [1.29, 1.82) is 0 Å². The summed E-state index contributed by atoms with van der Waals surface area (Å²) in [5, 5.41) is 0.619. The van der Waals surface area contributed by atoms with Crippen molar-refractivity contribution >= 4 is 22.7 Å². The first-order valence-electron chi connectivity index (χ1n) is 12.3. The van der Waals surface area contributed by atoms with Crippen LogP contribution >= 0.6 is 11.8 Å². The molecule has 0 fully saturated rings. The van der Waals surface area contributed by atoms with Crippen molar-refractivity contribution in [2.75, 3.05) is 0 Å². The van der Waals surface area contributed by atoms with Gasteiger partial charge in [-0.05, 0) is 47.9 Å². The molecule has 1 aliphatic rings. The van der Waals surface area contributed by atoms with Crippen LogP contribution < -0.4 is 5.56 Å². The standard InChI is InChI=1S/C32H28N2OS/c1-31(2)21-32(3,26-14-8-10-16-28(26)36-31)23-17-19-24(20-18-23)34-29(22-11-5-4-6-12-22)33-27-15-9-7-13-25(27)30(34)35/h4-20H,21H2,1-3H3. The number of aromatic nitrogens is 2. The molecule has 0 radical (unpaired) electrons. The van der Waals surface area contributed by atoms with E-state index in [1.165, 1.54) is 16.0 Å². The van der Waals surface area contributed by atoms with Gasteiger partial charge < -0.3 is 0 Å². The van der Waals surface area contributed by atoms with Gasteiger partial charge in [0.2, 0.25) is 0 Å². The SMILES string of the molecule is CC1(C)CC(C)(c2ccc(-n3c(-c4ccccc4)nc4ccccc4c3=O)cc2)c2ccccc2S1. The average Bonchev–Trinajstić information content (AvgIpc) is 2.89. The largest absolute Gasteiger partial charge is 0.268 e. The molecule has 0 amide bonds. The van der Waals surface area contributed by atoms with Crippen molar-refractivity contribution in [3.63, 3.8) is 0 Å². The average molecular weight is 489 g/mol. The van der Waals surface area contributed by atoms with Crippen LogP contribution in [0, 0.1) is 0 Å². The van der Waals surface area contributed by atoms with Gasteiger partial charge in [-0.1, -0.05) is 93.6 Å². The Balaban J connectivity index is 1.52. The van der Waals surface area contributed by atoms with E-state index in [0.29, 0.717) is 16.7 Å². The zero-order valence-corrected chi connectivity index (χ0v) is 21.5. The number of rotatable bonds is 3. The van der Waals surface area contributed by atoms with Crippen LogP contribution in [0.5, 0.6) is 0 Å². The summed E-state index contributed by atoms with van der Waals surface area (Å²) < 4.78 is 1.87. The molecule has 36 heavy (non-hydrogen) atoms. The Kier molecular flexibility index (Phi) is 5.38. The maximum atomic E-state index is 13.7. The second-order valence-corrected chi connectivity index (χ2v) is 12.1. The number of hydrogen-bond donors (Lipinski definition) is 0. The van der Waals surface area contributed by atoms with Crippen molar-refractivity contribution in [2.45, 2.75) is 42.2 Å². The van der Waals surface area contributed by atoms with E-state index < -0.39 is 0 Å². The van der Waals surface area contributed by atoms with E-state index in [4.69, 9.17) is 4.98 Å². The minimum absolute atomic E-state index is 0.0565. The van der Waals surface area contributed by atoms with Gasteiger partial charge in [0.25, 0.3) is 5.56 Å². The van der Waals surface area contributed by atoms with Gasteiger partial charge in [0.1, 0.15) is 5.82 Å². The third-order valence-electron chi connectivity index (χ3n) is 7.22. The molecule has 5 aromatic rings. The van der Waals surface area contributed by atoms with Crippen LogP contribution in [0.1, 0.15) is 38.3 Å². The molecule has 0 aliphatic carbocycles. The molecule has 0 saturated heterocycles. The molecule has 1 aliphatic heterocycles. The van der Waals surface area contributed by atoms with Crippen LogP contribution in [0.4, 0.5) is 0 Å². The van der Waals surface area contributed by atoms with Gasteiger partial charge in [-0.25, -0.2) is 4.98 Å². The van der Waals surface area contributed by atoms with Crippen LogP contribution in [-0.4, -0.2) is 14.3 Å². The third-order valence-corrected chi connectivity index (χ3v) is 8.49. The highest BCUT2D eigenvalue weighted by atomic mass is 32.2. The summed E-state index contributed by atoms with van der Waals surface area (Å²) >= 11 is 1.96. The van der Waals surface area contributed by atoms with E-state index in [1.54, 1.807) is 4.57 Å². The normalized spacial score (nSPS) is 18.6. The topological polar surface area (TPSA) is 34.9 Å². The lowest BCUT2D eigenvalue weighted by molar-refractivity contribution is 0.438. The highest BCUT2D eigenvalue weighted by Crippen LogP contribution is 2.53. The summed E-state index contributed by atoms with van der Waals surface area (Å²) in [5.41, 5.74) is 4.91. The fourth-order valence-electron chi connectivity index (χ4n) is 5.68. The van der Waals surface area contributed by atoms with E-state index in [1.807, 2.05) is 66.4 Å². The molecule has 0 saturated carbocycles. The Hall–Kier alpha value is -3.63. The van der Waals surface area contributed by atoms with Crippen molar-refractivity contribution in [3.05, 3.63) is 125 Å². The highest BCUT2D eigenvalue weighted by Gasteiger charge is 2.42. The van der Waals surface area contributed by atoms with Crippen LogP contribution in [0.25, 0.3) is 28.0 Å². The molecular weight excluding hydrogens is 460 g/mol. The van der Waals surface area contributed by atoms with Crippen molar-refractivity contribution in [3.8, 4) is 17.1 Å². The monoisotopic (exact) mass is 488 g/mol. The Bertz CT molecular complexity index is 1640. The van der Waals surface area contributed by atoms with Crippen molar-refractivity contribution in [2.24, 2.45) is 0 Å². The number of thioether (sulfide) groups is 1. The summed E-state index contributed by atoms with van der Waals surface area (Å²) in [6, 6.07) is 34.8. The molecular formula is C32H28N2OS. The summed E-state index contributed by atoms with van der Waals surface area (Å²) in [7, 11) is 0. The van der Waals surface area contributed by atoms with Gasteiger partial charge in [-0.2, -0.15) is 0 Å². The van der Waals surface area contributed by atoms with E-state index >= 15 is 0 Å². The zero-order chi connectivity index (χ0) is 24.9. The van der Waals surface area contributed by atoms with Crippen LogP contribution in [-0.2, 0) is 5.41 Å². The predicted octanol–water partition coefficient (Wildman–Crippen LogP) is 7.63. The van der Waals surface area contributed by atoms with Crippen molar-refractivity contribution < 1.29 is 0 Å². The van der Waals surface area contributed by atoms with Crippen LogP contribution in [0.3, 0.4) is 0 Å². The molecule has 1 unspecified atom stereocenters. The van der Waals surface area contributed by atoms with Gasteiger partial charge in [0, 0.05) is 20.6 Å². The molecule has 2 heterocycles. The molecule has 6 rings (SSSR count). The molecule has 0 spiro atoms. The molecule has 178 valence electrons. The fraction of sp³-hybridized carbons (Fsp3) is 0.188. The summed E-state index contributed by atoms with van der Waals surface area (Å²) in [6.45, 7) is 7.00. The molecule has 0 N–H and O–H groups in total. The van der Waals surface area contributed by atoms with E-state index in [0.717, 1.165) is 17.7 Å². The Morgan fingerprint density at radius 1 is 0.778 bits per heavy atom. The number of fused-ring (bicyclic) bond motifs is 2. The number of benzene rings is 4. The second-order valence-electron chi connectivity index (χ2n) is 10.4. The fourth-order valence-corrected chi connectivity index (χ4v) is 7.19. The molecule has 1 aromatic heterocycles. The van der Waals surface area contributed by atoms with Crippen LogP contribution in [0.15, 0.2) is 113 Å². The smallest absolute Gasteiger partial charge is 0.266 e. The van der Waals surface area contributed by atoms with Gasteiger partial charge in [-0.15, -0.1) is 11.8 Å². The number of para-hydroxylation sites is 1. The van der Waals surface area contributed by atoms with E-state index in [9.17, 15) is 4.79 Å². The van der Waals surface area contributed by atoms with Gasteiger partial charge in [0.05, 0.1) is 16.6 Å². The highest BCUT2D eigenvalue weighted by molar-refractivity contribution is 8.00. The Labute approximate surface area is 215 Å². The predicted molar refractivity (Wildman–Crippen MR) is 150 cm³/mol. The third kappa shape index (κ3) is 3.77. The molecule has 4 aromatic carbocycles. The lowest BCUT2D eigenvalue weighted by Crippen LogP contribution is -2.37. The number of hydrogen-bond acceptors (Lipinski definition) is 3. The van der Waals surface area contributed by atoms with E-state index in [2.05, 4.69) is 69.3 Å². The Morgan fingerprint density at radius 2 is 1.44 bits per heavy atom. The molecule has 4 heteroatoms.